The van der Waals surface area contributed by atoms with E-state index in [1.807, 2.05) is 7.05 Å². The lowest BCUT2D eigenvalue weighted by Gasteiger charge is -2.39. The fraction of sp³-hybridized carbons (Fsp3) is 0.815. The monoisotopic (exact) mass is 961 g/mol. The van der Waals surface area contributed by atoms with Gasteiger partial charge in [-0.3, -0.25) is 0 Å². The highest BCUT2D eigenvalue weighted by molar-refractivity contribution is 6.64. The van der Waals surface area contributed by atoms with Crippen molar-refractivity contribution in [3.63, 3.8) is 0 Å². The van der Waals surface area contributed by atoms with E-state index >= 15 is 0 Å². The Morgan fingerprint density at radius 3 is 1.75 bits per heavy atom. The molecule has 0 radical (unpaired) electrons. The number of rotatable bonds is 44. The zero-order chi connectivity index (χ0) is 48.6. The van der Waals surface area contributed by atoms with Gasteiger partial charge in [0.1, 0.15) is 30.6 Å². The molecule has 6 unspecified atom stereocenters. The lowest BCUT2D eigenvalue weighted by Crippen LogP contribution is -2.56. The molecule has 0 spiro atoms. The van der Waals surface area contributed by atoms with Crippen LogP contribution in [0.15, 0.2) is 54.8 Å². The normalized spacial score (nSPS) is 20.0. The highest BCUT2D eigenvalue weighted by Crippen LogP contribution is 2.29. The zero-order valence-electron chi connectivity index (χ0n) is 43.2. The molecule has 1 aliphatic rings. The van der Waals surface area contributed by atoms with Crippen molar-refractivity contribution in [2.75, 3.05) is 33.4 Å². The molecule has 13 heteroatoms. The van der Waals surface area contributed by atoms with Crippen LogP contribution in [-0.4, -0.2) is 113 Å². The molecule has 1 aromatic heterocycles. The van der Waals surface area contributed by atoms with Gasteiger partial charge < -0.3 is 43.7 Å². The van der Waals surface area contributed by atoms with Crippen LogP contribution in [-0.2, 0) is 24.9 Å². The number of unbranched alkanes of at least 4 members (excludes halogenated alkanes) is 20. The van der Waals surface area contributed by atoms with Crippen LogP contribution in [0, 0.1) is 0 Å². The highest BCUT2D eigenvalue weighted by Gasteiger charge is 2.45. The number of hydrogen-bond donors (Lipinski definition) is 4. The first-order valence-electron chi connectivity index (χ1n) is 27.0. The molecule has 12 nitrogen and oxygen atoms in total. The Morgan fingerprint density at radius 1 is 0.672 bits per heavy atom. The second-order valence-corrected chi connectivity index (χ2v) is 22.7. The van der Waals surface area contributed by atoms with Crippen LogP contribution >= 0.6 is 0 Å². The van der Waals surface area contributed by atoms with Crippen molar-refractivity contribution in [3.8, 4) is 0 Å². The second-order valence-electron chi connectivity index (χ2n) is 19.3. The van der Waals surface area contributed by atoms with Crippen LogP contribution in [0.3, 0.4) is 0 Å². The third-order valence-corrected chi connectivity index (χ3v) is 14.2. The predicted molar refractivity (Wildman–Crippen MR) is 277 cm³/mol. The van der Waals surface area contributed by atoms with Crippen LogP contribution in [0.1, 0.15) is 205 Å². The van der Waals surface area contributed by atoms with Gasteiger partial charge in [0.15, 0.2) is 6.29 Å². The summed E-state index contributed by atoms with van der Waals surface area (Å²) >= 11 is 0. The average Bonchev–Trinajstić information content (AvgIpc) is 3.77. The summed E-state index contributed by atoms with van der Waals surface area (Å²) in [6, 6.07) is -0.865. The molecular weight excluding hydrogens is 861 g/mol. The molecule has 1 fully saturated rings. The van der Waals surface area contributed by atoms with Gasteiger partial charge in [-0.2, -0.15) is 0 Å². The molecule has 388 valence electrons. The van der Waals surface area contributed by atoms with E-state index in [9.17, 15) is 20.4 Å². The number of aliphatic hydroxyl groups is 4. The molecule has 0 saturated carbocycles. The molecule has 0 aromatic carbocycles. The minimum absolute atomic E-state index is 0.202. The second kappa shape index (κ2) is 40.7. The molecule has 0 amide bonds. The van der Waals surface area contributed by atoms with Gasteiger partial charge in [-0.1, -0.05) is 151 Å². The Bertz CT molecular complexity index is 1410. The summed E-state index contributed by atoms with van der Waals surface area (Å²) in [6.07, 6.45) is 48.2. The maximum absolute atomic E-state index is 10.5. The number of nitrogens with zero attached hydrogens (tertiary/aromatic N) is 4. The summed E-state index contributed by atoms with van der Waals surface area (Å²) in [6.45, 7) is 11.3. The lowest BCUT2D eigenvalue weighted by atomic mass is 9.96. The van der Waals surface area contributed by atoms with E-state index in [1.54, 1.807) is 6.20 Å². The van der Waals surface area contributed by atoms with E-state index in [1.165, 1.54) is 127 Å². The molecule has 4 N–H and O–H groups in total. The van der Waals surface area contributed by atoms with Gasteiger partial charge >= 0.3 is 8.56 Å². The predicted octanol–water partition coefficient (Wildman–Crippen LogP) is 11.9. The van der Waals surface area contributed by atoms with Gasteiger partial charge in [-0.05, 0) is 123 Å². The summed E-state index contributed by atoms with van der Waals surface area (Å²) in [5.41, 5.74) is 0.701. The molecule has 6 atom stereocenters. The molecule has 1 aromatic rings. The molecule has 2 heterocycles. The summed E-state index contributed by atoms with van der Waals surface area (Å²) < 4.78 is 26.2. The molecule has 1 saturated heterocycles. The maximum atomic E-state index is 10.5. The van der Waals surface area contributed by atoms with Gasteiger partial charge in [0.25, 0.3) is 0 Å². The number of allylic oxidation sites excluding steroid dienone is 8. The summed E-state index contributed by atoms with van der Waals surface area (Å²) in [5, 5.41) is 48.5. The first kappa shape index (κ1) is 61.1. The first-order chi connectivity index (χ1) is 32.6. The summed E-state index contributed by atoms with van der Waals surface area (Å²) in [7, 11) is -0.345. The minimum atomic E-state index is -2.38. The Morgan fingerprint density at radius 2 is 1.18 bits per heavy atom. The fourth-order valence-electron chi connectivity index (χ4n) is 8.41. The van der Waals surface area contributed by atoms with Gasteiger partial charge in [0.05, 0.1) is 18.5 Å². The molecule has 0 aliphatic carbocycles. The van der Waals surface area contributed by atoms with Crippen molar-refractivity contribution in [3.05, 3.63) is 60.5 Å². The quantitative estimate of drug-likeness (QED) is 0.0214. The fourth-order valence-corrected chi connectivity index (χ4v) is 9.93. The summed E-state index contributed by atoms with van der Waals surface area (Å²) in [5.74, 6) is 0. The third-order valence-electron chi connectivity index (χ3n) is 12.5. The van der Waals surface area contributed by atoms with Crippen LogP contribution in [0.5, 0.6) is 0 Å². The largest absolute Gasteiger partial charge is 0.394 e. The average molecular weight is 961 g/mol. The van der Waals surface area contributed by atoms with Crippen molar-refractivity contribution >= 4 is 8.56 Å². The van der Waals surface area contributed by atoms with Crippen molar-refractivity contribution in [2.24, 2.45) is 0 Å². The third kappa shape index (κ3) is 31.0. The summed E-state index contributed by atoms with van der Waals surface area (Å²) in [4.78, 5) is 2.18. The number of hydrogen-bond acceptors (Lipinski definition) is 11. The Balaban J connectivity index is 1.67. The van der Waals surface area contributed by atoms with Crippen molar-refractivity contribution in [1.82, 2.24) is 19.9 Å². The first-order valence-corrected chi connectivity index (χ1v) is 29.9. The topological polar surface area (TPSA) is 152 Å². The number of aliphatic hydroxyl groups excluding tert-OH is 4. The maximum Gasteiger partial charge on any atom is 0.333 e. The van der Waals surface area contributed by atoms with E-state index in [4.69, 9.17) is 18.3 Å². The molecule has 67 heavy (non-hydrogen) atoms. The van der Waals surface area contributed by atoms with Gasteiger partial charge in [0.2, 0.25) is 0 Å². The van der Waals surface area contributed by atoms with E-state index < -0.39 is 45.8 Å². The Labute approximate surface area is 409 Å². The lowest BCUT2D eigenvalue weighted by molar-refractivity contribution is -0.270. The minimum Gasteiger partial charge on any atom is -0.394 e. The van der Waals surface area contributed by atoms with Gasteiger partial charge in [0, 0.05) is 19.8 Å². The number of ether oxygens (including phenoxy) is 2. The van der Waals surface area contributed by atoms with Crippen molar-refractivity contribution in [1.29, 1.82) is 0 Å². The molecular formula is C54H100N4O8Si. The standard InChI is InChI=1S/C54H100N4O8Si/c1-6-8-10-12-14-16-18-20-22-24-26-28-30-32-35-39-43-63-50(41-37-33-31-29-27-25-23-21-19-17-15-13-11-9-7-2)66-67(4,5)64-44-40-36-34-38-42-57(3)45-48-46-58(56-55-48)51-49(47-59)65-54(62)53(61)52(51)60/h14-17,20-23,46,49-54,59-62H,6-13,18-19,24-45,47H2,1-5H3/b16-14-,17-15-,22-20-,23-21-. The SMILES string of the molecule is CCCCC/C=C\C/C=C\CCCCCCCCOC(CCCCCCC/C=C\C/C=C\CCCCC)O[Si](C)(C)OCCCCCCN(C)Cc1cn(C2C(CO)OC(O)C(O)C2O)nn1. The van der Waals surface area contributed by atoms with Crippen LogP contribution in [0.2, 0.25) is 13.1 Å². The number of aromatic nitrogens is 3. The van der Waals surface area contributed by atoms with E-state index in [0.717, 1.165) is 70.9 Å². The van der Waals surface area contributed by atoms with Crippen molar-refractivity contribution in [2.45, 2.75) is 250 Å². The van der Waals surface area contributed by atoms with E-state index in [0.29, 0.717) is 18.8 Å². The van der Waals surface area contributed by atoms with Crippen LogP contribution < -0.4 is 0 Å². The highest BCUT2D eigenvalue weighted by atomic mass is 28.4. The molecule has 1 aliphatic heterocycles. The molecule has 2 rings (SSSR count). The van der Waals surface area contributed by atoms with Crippen LogP contribution in [0.25, 0.3) is 0 Å². The zero-order valence-corrected chi connectivity index (χ0v) is 44.2. The Hall–Kier alpha value is -2.04. The van der Waals surface area contributed by atoms with E-state index in [2.05, 4.69) is 90.8 Å². The van der Waals surface area contributed by atoms with Crippen molar-refractivity contribution < 1.29 is 38.8 Å². The van der Waals surface area contributed by atoms with E-state index in [-0.39, 0.29) is 6.29 Å². The Kier molecular flexibility index (Phi) is 37.1. The molecule has 0 bridgehead atoms. The van der Waals surface area contributed by atoms with Gasteiger partial charge in [-0.25, -0.2) is 4.68 Å². The smallest absolute Gasteiger partial charge is 0.333 e. The van der Waals surface area contributed by atoms with Gasteiger partial charge in [-0.15, -0.1) is 5.10 Å². The van der Waals surface area contributed by atoms with Crippen LogP contribution in [0.4, 0.5) is 0 Å².